The van der Waals surface area contributed by atoms with Crippen molar-refractivity contribution >= 4 is 17.7 Å². The van der Waals surface area contributed by atoms with Gasteiger partial charge in [0.2, 0.25) is 5.91 Å². The van der Waals surface area contributed by atoms with E-state index in [0.29, 0.717) is 32.2 Å². The second-order valence-corrected chi connectivity index (χ2v) is 5.31. The van der Waals surface area contributed by atoms with Gasteiger partial charge in [-0.05, 0) is 30.9 Å². The van der Waals surface area contributed by atoms with E-state index >= 15 is 0 Å². The maximum atomic E-state index is 12.0. The molecular weight excluding hydrogens is 282 g/mol. The molecule has 0 spiro atoms. The van der Waals surface area contributed by atoms with Crippen LogP contribution in [-0.4, -0.2) is 40.3 Å². The van der Waals surface area contributed by atoms with E-state index in [1.165, 1.54) is 17.1 Å². The molecule has 1 aromatic rings. The van der Waals surface area contributed by atoms with Gasteiger partial charge in [0.1, 0.15) is 6.04 Å². The maximum Gasteiger partial charge on any atom is 0.326 e. The number of aryl methyl sites for hydroxylation is 1. The Morgan fingerprint density at radius 2 is 1.91 bits per heavy atom. The summed E-state index contributed by atoms with van der Waals surface area (Å²) in [7, 11) is 0. The molecule has 0 radical (unpaired) electrons. The average molecular weight is 301 g/mol. The summed E-state index contributed by atoms with van der Waals surface area (Å²) in [5, 5.41) is 9.04. The number of benzene rings is 1. The molecule has 0 bridgehead atoms. The van der Waals surface area contributed by atoms with Crippen LogP contribution >= 0.6 is 0 Å². The highest BCUT2D eigenvalue weighted by Crippen LogP contribution is 2.17. The van der Waals surface area contributed by atoms with Gasteiger partial charge in [-0.15, -0.1) is 0 Å². The molecule has 0 saturated carbocycles. The number of likely N-dealkylation sites (tertiary alicyclic amines) is 1. The first-order valence-electron chi connectivity index (χ1n) is 7.36. The van der Waals surface area contributed by atoms with Crippen LogP contribution in [0.5, 0.6) is 0 Å². The van der Waals surface area contributed by atoms with E-state index in [9.17, 15) is 14.4 Å². The standard InChI is InChI=1S/C17H19NO4/c19-14(9-8-13-5-2-1-3-6-13)10-11-16(20)18-12-4-7-15(18)17(21)22/h1-3,5-6,10-11,15H,4,7-9,12H2,(H,21,22). The van der Waals surface area contributed by atoms with Crippen LogP contribution in [0.15, 0.2) is 42.5 Å². The van der Waals surface area contributed by atoms with Gasteiger partial charge in [-0.3, -0.25) is 9.59 Å². The largest absolute Gasteiger partial charge is 0.480 e. The summed E-state index contributed by atoms with van der Waals surface area (Å²) < 4.78 is 0. The molecule has 2 rings (SSSR count). The van der Waals surface area contributed by atoms with Gasteiger partial charge in [-0.2, -0.15) is 0 Å². The minimum atomic E-state index is -0.991. The van der Waals surface area contributed by atoms with Crippen molar-refractivity contribution in [3.05, 3.63) is 48.0 Å². The lowest BCUT2D eigenvalue weighted by molar-refractivity contribution is -0.146. The normalized spacial score (nSPS) is 17.8. The molecule has 1 aliphatic heterocycles. The van der Waals surface area contributed by atoms with E-state index in [2.05, 4.69) is 0 Å². The number of hydrogen-bond donors (Lipinski definition) is 1. The average Bonchev–Trinajstić information content (AvgIpc) is 3.01. The SMILES string of the molecule is O=C(C=CC(=O)N1CCCC1C(=O)O)CCc1ccccc1. The summed E-state index contributed by atoms with van der Waals surface area (Å²) in [6.45, 7) is 0.429. The zero-order chi connectivity index (χ0) is 15.9. The van der Waals surface area contributed by atoms with Crippen molar-refractivity contribution in [1.82, 2.24) is 4.90 Å². The number of nitrogens with zero attached hydrogens (tertiary/aromatic N) is 1. The van der Waals surface area contributed by atoms with Crippen molar-refractivity contribution in [3.63, 3.8) is 0 Å². The molecule has 5 heteroatoms. The van der Waals surface area contributed by atoms with E-state index in [1.807, 2.05) is 30.3 Å². The predicted octanol–water partition coefficient (Wildman–Crippen LogP) is 1.82. The fraction of sp³-hybridized carbons (Fsp3) is 0.353. The Kier molecular flexibility index (Phi) is 5.47. The van der Waals surface area contributed by atoms with Crippen molar-refractivity contribution in [3.8, 4) is 0 Å². The third-order valence-electron chi connectivity index (χ3n) is 3.74. The maximum absolute atomic E-state index is 12.0. The van der Waals surface area contributed by atoms with Gasteiger partial charge in [0.05, 0.1) is 0 Å². The predicted molar refractivity (Wildman–Crippen MR) is 81.3 cm³/mol. The molecular formula is C17H19NO4. The number of hydrogen-bond acceptors (Lipinski definition) is 3. The molecule has 1 aliphatic rings. The van der Waals surface area contributed by atoms with E-state index < -0.39 is 17.9 Å². The van der Waals surface area contributed by atoms with Crippen LogP contribution in [0.25, 0.3) is 0 Å². The highest BCUT2D eigenvalue weighted by Gasteiger charge is 2.32. The minimum absolute atomic E-state index is 0.136. The van der Waals surface area contributed by atoms with Crippen LogP contribution in [0.1, 0.15) is 24.8 Å². The number of carbonyl (C=O) groups excluding carboxylic acids is 2. The number of allylic oxidation sites excluding steroid dienone is 1. The number of aliphatic carboxylic acids is 1. The molecule has 1 N–H and O–H groups in total. The number of rotatable bonds is 6. The molecule has 1 atom stereocenters. The van der Waals surface area contributed by atoms with Crippen molar-refractivity contribution in [2.24, 2.45) is 0 Å². The molecule has 0 aliphatic carbocycles. The first-order chi connectivity index (χ1) is 10.6. The van der Waals surface area contributed by atoms with E-state index in [1.54, 1.807) is 0 Å². The summed E-state index contributed by atoms with van der Waals surface area (Å²) in [5.74, 6) is -1.53. The molecule has 1 fully saturated rings. The van der Waals surface area contributed by atoms with Gasteiger partial charge >= 0.3 is 5.97 Å². The zero-order valence-electron chi connectivity index (χ0n) is 12.3. The lowest BCUT2D eigenvalue weighted by atomic mass is 10.1. The van der Waals surface area contributed by atoms with Crippen molar-refractivity contribution < 1.29 is 19.5 Å². The van der Waals surface area contributed by atoms with Crippen molar-refractivity contribution in [2.75, 3.05) is 6.54 Å². The lowest BCUT2D eigenvalue weighted by Gasteiger charge is -2.19. The molecule has 1 amide bonds. The lowest BCUT2D eigenvalue weighted by Crippen LogP contribution is -2.39. The third kappa shape index (κ3) is 4.28. The van der Waals surface area contributed by atoms with E-state index in [4.69, 9.17) is 5.11 Å². The Morgan fingerprint density at radius 1 is 1.18 bits per heavy atom. The van der Waals surface area contributed by atoms with Gasteiger partial charge in [-0.25, -0.2) is 4.79 Å². The number of carboxylic acid groups (broad SMARTS) is 1. The molecule has 1 unspecified atom stereocenters. The fourth-order valence-corrected chi connectivity index (χ4v) is 2.54. The van der Waals surface area contributed by atoms with E-state index in [0.717, 1.165) is 5.56 Å². The summed E-state index contributed by atoms with van der Waals surface area (Å²) in [5.41, 5.74) is 1.07. The summed E-state index contributed by atoms with van der Waals surface area (Å²) in [4.78, 5) is 36.1. The molecule has 1 aromatic carbocycles. The molecule has 5 nitrogen and oxygen atoms in total. The van der Waals surface area contributed by atoms with Crippen molar-refractivity contribution in [2.45, 2.75) is 31.7 Å². The molecule has 1 saturated heterocycles. The first-order valence-corrected chi connectivity index (χ1v) is 7.36. The Balaban J connectivity index is 1.84. The third-order valence-corrected chi connectivity index (χ3v) is 3.74. The Hall–Kier alpha value is -2.43. The minimum Gasteiger partial charge on any atom is -0.480 e. The quantitative estimate of drug-likeness (QED) is 0.813. The topological polar surface area (TPSA) is 74.7 Å². The fourth-order valence-electron chi connectivity index (χ4n) is 2.54. The molecule has 22 heavy (non-hydrogen) atoms. The molecule has 116 valence electrons. The van der Waals surface area contributed by atoms with Crippen LogP contribution in [0.2, 0.25) is 0 Å². The highest BCUT2D eigenvalue weighted by atomic mass is 16.4. The van der Waals surface area contributed by atoms with Gasteiger partial charge < -0.3 is 10.0 Å². The van der Waals surface area contributed by atoms with Crippen LogP contribution in [0.4, 0.5) is 0 Å². The number of ketones is 1. The highest BCUT2D eigenvalue weighted by molar-refractivity contribution is 5.99. The molecule has 0 aromatic heterocycles. The molecule has 1 heterocycles. The van der Waals surface area contributed by atoms with Crippen LogP contribution in [0.3, 0.4) is 0 Å². The number of carboxylic acids is 1. The van der Waals surface area contributed by atoms with Gasteiger partial charge in [-0.1, -0.05) is 30.3 Å². The number of carbonyl (C=O) groups is 3. The van der Waals surface area contributed by atoms with Crippen molar-refractivity contribution in [1.29, 1.82) is 0 Å². The van der Waals surface area contributed by atoms with Crippen LogP contribution < -0.4 is 0 Å². The van der Waals surface area contributed by atoms with Crippen LogP contribution in [-0.2, 0) is 20.8 Å². The van der Waals surface area contributed by atoms with Crippen LogP contribution in [0, 0.1) is 0 Å². The van der Waals surface area contributed by atoms with Gasteiger partial charge in [0.25, 0.3) is 0 Å². The summed E-state index contributed by atoms with van der Waals surface area (Å²) >= 11 is 0. The summed E-state index contributed by atoms with van der Waals surface area (Å²) in [6, 6.07) is 8.88. The summed E-state index contributed by atoms with van der Waals surface area (Å²) in [6.07, 6.45) is 4.54. The second-order valence-electron chi connectivity index (χ2n) is 5.31. The Labute approximate surface area is 129 Å². The smallest absolute Gasteiger partial charge is 0.326 e. The monoisotopic (exact) mass is 301 g/mol. The van der Waals surface area contributed by atoms with Gasteiger partial charge in [0.15, 0.2) is 5.78 Å². The Morgan fingerprint density at radius 3 is 2.59 bits per heavy atom. The first kappa shape index (κ1) is 15.9. The Bertz CT molecular complexity index is 580. The second kappa shape index (κ2) is 7.54. The van der Waals surface area contributed by atoms with E-state index in [-0.39, 0.29) is 5.78 Å². The number of amides is 1. The van der Waals surface area contributed by atoms with Gasteiger partial charge in [0, 0.05) is 19.0 Å². The zero-order valence-corrected chi connectivity index (χ0v) is 12.3.